The molecule has 2 saturated heterocycles. The number of rotatable bonds is 8. The zero-order valence-electron chi connectivity index (χ0n) is 16.2. The summed E-state index contributed by atoms with van der Waals surface area (Å²) in [5, 5.41) is 11.5. The van der Waals surface area contributed by atoms with Crippen molar-refractivity contribution < 1.29 is 9.59 Å². The normalized spacial score (nSPS) is 24.5. The monoisotopic (exact) mass is 392 g/mol. The Kier molecular flexibility index (Phi) is 7.67. The molecular weight excluding hydrogens is 360 g/mol. The summed E-state index contributed by atoms with van der Waals surface area (Å²) < 4.78 is 0. The Morgan fingerprint density at radius 2 is 2.22 bits per heavy atom. The first-order valence-electron chi connectivity index (χ1n) is 10.2. The molecule has 3 atom stereocenters. The van der Waals surface area contributed by atoms with Crippen molar-refractivity contribution in [1.29, 1.82) is 0 Å². The van der Waals surface area contributed by atoms with Gasteiger partial charge in [-0.25, -0.2) is 0 Å². The van der Waals surface area contributed by atoms with Crippen LogP contribution in [-0.2, 0) is 16.0 Å². The van der Waals surface area contributed by atoms with Gasteiger partial charge in [-0.1, -0.05) is 6.07 Å². The summed E-state index contributed by atoms with van der Waals surface area (Å²) in [6.07, 6.45) is 5.09. The van der Waals surface area contributed by atoms with Gasteiger partial charge in [-0.2, -0.15) is 0 Å². The van der Waals surface area contributed by atoms with E-state index in [1.165, 1.54) is 4.88 Å². The quantitative estimate of drug-likeness (QED) is 0.625. The van der Waals surface area contributed by atoms with E-state index in [0.717, 1.165) is 51.7 Å². The molecule has 3 N–H and O–H groups in total. The van der Waals surface area contributed by atoms with E-state index in [0.29, 0.717) is 19.0 Å². The average Bonchev–Trinajstić information content (AvgIpc) is 3.39. The number of amides is 2. The number of carbonyl (C=O) groups is 2. The van der Waals surface area contributed by atoms with E-state index in [-0.39, 0.29) is 23.9 Å². The minimum Gasteiger partial charge on any atom is -0.354 e. The van der Waals surface area contributed by atoms with Crippen molar-refractivity contribution in [2.45, 2.75) is 51.1 Å². The molecule has 150 valence electrons. The Bertz CT molecular complexity index is 601. The molecule has 0 aliphatic carbocycles. The molecule has 0 spiro atoms. The first-order chi connectivity index (χ1) is 13.1. The minimum absolute atomic E-state index is 0.0160. The minimum atomic E-state index is -0.122. The molecule has 1 aromatic rings. The number of hydrogen-bond acceptors (Lipinski definition) is 5. The van der Waals surface area contributed by atoms with Crippen molar-refractivity contribution in [1.82, 2.24) is 20.9 Å². The highest BCUT2D eigenvalue weighted by Crippen LogP contribution is 2.18. The molecule has 2 amide bonds. The van der Waals surface area contributed by atoms with Gasteiger partial charge in [0.25, 0.3) is 0 Å². The van der Waals surface area contributed by atoms with Crippen molar-refractivity contribution >= 4 is 23.2 Å². The highest BCUT2D eigenvalue weighted by atomic mass is 32.1. The number of hydrogen-bond donors (Lipinski definition) is 3. The zero-order valence-corrected chi connectivity index (χ0v) is 17.0. The molecule has 0 saturated carbocycles. The van der Waals surface area contributed by atoms with Crippen molar-refractivity contribution in [3.05, 3.63) is 22.4 Å². The van der Waals surface area contributed by atoms with Crippen LogP contribution in [0.5, 0.6) is 0 Å². The second-order valence-corrected chi connectivity index (χ2v) is 8.73. The lowest BCUT2D eigenvalue weighted by Gasteiger charge is -2.36. The summed E-state index contributed by atoms with van der Waals surface area (Å²) in [4.78, 5) is 28.2. The first-order valence-corrected chi connectivity index (χ1v) is 11.1. The summed E-state index contributed by atoms with van der Waals surface area (Å²) in [5.74, 6) is 0.654. The largest absolute Gasteiger partial charge is 0.354 e. The van der Waals surface area contributed by atoms with Crippen LogP contribution >= 0.6 is 11.3 Å². The standard InChI is InChI=1S/C20H32N4O2S/c1-15(19(25)22-10-8-17-6-4-12-27-17)24-11-3-5-16(14-24)13-23-20(26)18-7-2-9-21-18/h4,6,12,15-16,18,21H,2-3,5,7-11,13-14H2,1H3,(H,22,25)(H,23,26). The molecule has 3 rings (SSSR count). The summed E-state index contributed by atoms with van der Waals surface area (Å²) in [6, 6.07) is 4.01. The molecule has 2 aliphatic rings. The molecule has 2 aliphatic heterocycles. The maximum Gasteiger partial charge on any atom is 0.237 e. The molecule has 7 heteroatoms. The van der Waals surface area contributed by atoms with Crippen LogP contribution in [0.25, 0.3) is 0 Å². The SMILES string of the molecule is CC(C(=O)NCCc1cccs1)N1CCCC(CNC(=O)C2CCCN2)C1. The van der Waals surface area contributed by atoms with Gasteiger partial charge in [0, 0.05) is 24.5 Å². The fourth-order valence-corrected chi connectivity index (χ4v) is 4.68. The molecular formula is C20H32N4O2S. The van der Waals surface area contributed by atoms with Gasteiger partial charge < -0.3 is 16.0 Å². The molecule has 0 radical (unpaired) electrons. The van der Waals surface area contributed by atoms with Gasteiger partial charge in [0.1, 0.15) is 0 Å². The molecule has 0 bridgehead atoms. The predicted molar refractivity (Wildman–Crippen MR) is 109 cm³/mol. The Morgan fingerprint density at radius 3 is 2.96 bits per heavy atom. The van der Waals surface area contributed by atoms with Gasteiger partial charge in [0.15, 0.2) is 0 Å². The second-order valence-electron chi connectivity index (χ2n) is 7.69. The Morgan fingerprint density at radius 1 is 1.33 bits per heavy atom. The van der Waals surface area contributed by atoms with Crippen LogP contribution in [0, 0.1) is 5.92 Å². The summed E-state index contributed by atoms with van der Waals surface area (Å²) in [5.41, 5.74) is 0. The number of thiophene rings is 1. The van der Waals surface area contributed by atoms with Crippen molar-refractivity contribution in [3.8, 4) is 0 Å². The number of likely N-dealkylation sites (tertiary alicyclic amines) is 1. The third-order valence-electron chi connectivity index (χ3n) is 5.67. The molecule has 27 heavy (non-hydrogen) atoms. The molecule has 6 nitrogen and oxygen atoms in total. The molecule has 3 unspecified atom stereocenters. The second kappa shape index (κ2) is 10.2. The van der Waals surface area contributed by atoms with E-state index in [9.17, 15) is 9.59 Å². The number of carbonyl (C=O) groups excluding carboxylic acids is 2. The zero-order chi connectivity index (χ0) is 19.1. The van der Waals surface area contributed by atoms with Gasteiger partial charge in [-0.3, -0.25) is 14.5 Å². The number of piperidine rings is 1. The van der Waals surface area contributed by atoms with Gasteiger partial charge >= 0.3 is 0 Å². The van der Waals surface area contributed by atoms with Crippen LogP contribution in [0.3, 0.4) is 0 Å². The lowest BCUT2D eigenvalue weighted by atomic mass is 9.96. The third-order valence-corrected chi connectivity index (χ3v) is 6.61. The van der Waals surface area contributed by atoms with E-state index in [2.05, 4.69) is 32.3 Å². The van der Waals surface area contributed by atoms with Crippen LogP contribution in [0.15, 0.2) is 17.5 Å². The first kappa shape index (κ1) is 20.3. The van der Waals surface area contributed by atoms with Gasteiger partial charge in [-0.05, 0) is 69.5 Å². The highest BCUT2D eigenvalue weighted by molar-refractivity contribution is 7.09. The van der Waals surface area contributed by atoms with Gasteiger partial charge in [0.05, 0.1) is 12.1 Å². The van der Waals surface area contributed by atoms with Crippen LogP contribution in [0.1, 0.15) is 37.5 Å². The van der Waals surface area contributed by atoms with Gasteiger partial charge in [0.2, 0.25) is 11.8 Å². The number of nitrogens with one attached hydrogen (secondary N) is 3. The maximum atomic E-state index is 12.5. The molecule has 1 aromatic heterocycles. The molecule has 0 aromatic carbocycles. The van der Waals surface area contributed by atoms with Crippen molar-refractivity contribution in [3.63, 3.8) is 0 Å². The smallest absolute Gasteiger partial charge is 0.237 e. The predicted octanol–water partition coefficient (Wildman–Crippen LogP) is 1.38. The van der Waals surface area contributed by atoms with Crippen molar-refractivity contribution in [2.24, 2.45) is 5.92 Å². The van der Waals surface area contributed by atoms with E-state index in [1.807, 2.05) is 13.0 Å². The maximum absolute atomic E-state index is 12.5. The molecule has 3 heterocycles. The molecule has 2 fully saturated rings. The number of nitrogens with zero attached hydrogens (tertiary/aromatic N) is 1. The average molecular weight is 393 g/mol. The van der Waals surface area contributed by atoms with Crippen molar-refractivity contribution in [2.75, 3.05) is 32.7 Å². The van der Waals surface area contributed by atoms with Crippen LogP contribution < -0.4 is 16.0 Å². The fraction of sp³-hybridized carbons (Fsp3) is 0.700. The van der Waals surface area contributed by atoms with Crippen LogP contribution in [-0.4, -0.2) is 61.5 Å². The van der Waals surface area contributed by atoms with E-state index in [4.69, 9.17) is 0 Å². The summed E-state index contributed by atoms with van der Waals surface area (Å²) in [7, 11) is 0. The summed E-state index contributed by atoms with van der Waals surface area (Å²) in [6.45, 7) is 6.15. The van der Waals surface area contributed by atoms with E-state index >= 15 is 0 Å². The lowest BCUT2D eigenvalue weighted by molar-refractivity contribution is -0.127. The highest BCUT2D eigenvalue weighted by Gasteiger charge is 2.28. The van der Waals surface area contributed by atoms with E-state index < -0.39 is 0 Å². The van der Waals surface area contributed by atoms with Gasteiger partial charge in [-0.15, -0.1) is 11.3 Å². The fourth-order valence-electron chi connectivity index (χ4n) is 3.97. The lowest BCUT2D eigenvalue weighted by Crippen LogP contribution is -2.51. The van der Waals surface area contributed by atoms with E-state index in [1.54, 1.807) is 11.3 Å². The summed E-state index contributed by atoms with van der Waals surface area (Å²) >= 11 is 1.73. The topological polar surface area (TPSA) is 73.5 Å². The Labute approximate surface area is 166 Å². The Hall–Kier alpha value is -1.44. The third kappa shape index (κ3) is 6.02. The Balaban J connectivity index is 1.38. The van der Waals surface area contributed by atoms with Crippen LogP contribution in [0.4, 0.5) is 0 Å². The van der Waals surface area contributed by atoms with Crippen LogP contribution in [0.2, 0.25) is 0 Å².